The topological polar surface area (TPSA) is 79.4 Å². The molecule has 5 rings (SSSR count). The summed E-state index contributed by atoms with van der Waals surface area (Å²) in [7, 11) is 5.63. The zero-order valence-electron chi connectivity index (χ0n) is 23.4. The Hall–Kier alpha value is -4.37. The summed E-state index contributed by atoms with van der Waals surface area (Å²) in [6.45, 7) is 1.17. The number of hydrogen-bond acceptors (Lipinski definition) is 7. The number of hydrogen-bond donors (Lipinski definition) is 2. The fraction of sp³-hybridized carbons (Fsp3) is 0.182. The van der Waals surface area contributed by atoms with Crippen molar-refractivity contribution in [2.24, 2.45) is 0 Å². The van der Waals surface area contributed by atoms with Gasteiger partial charge in [-0.3, -0.25) is 4.79 Å². The van der Waals surface area contributed by atoms with Crippen LogP contribution in [-0.2, 0) is 9.53 Å². The molecule has 5 aromatic rings. The van der Waals surface area contributed by atoms with Gasteiger partial charge in [0, 0.05) is 35.9 Å². The summed E-state index contributed by atoms with van der Waals surface area (Å²) >= 11 is 1.63. The molecule has 8 heteroatoms. The first-order valence-corrected chi connectivity index (χ1v) is 14.2. The van der Waals surface area contributed by atoms with Crippen LogP contribution in [0.1, 0.15) is 11.6 Å². The van der Waals surface area contributed by atoms with Gasteiger partial charge in [-0.15, -0.1) is 11.3 Å². The van der Waals surface area contributed by atoms with Gasteiger partial charge in [0.05, 0.1) is 18.0 Å². The number of carbonyl (C=O) groups excluding carboxylic acids is 1. The van der Waals surface area contributed by atoms with Crippen LogP contribution in [0.5, 0.6) is 0 Å². The lowest BCUT2D eigenvalue weighted by molar-refractivity contribution is -0.111. The number of carbonyl (C=O) groups is 1. The Labute approximate surface area is 244 Å². The van der Waals surface area contributed by atoms with Crippen LogP contribution < -0.4 is 10.6 Å². The van der Waals surface area contributed by atoms with Crippen molar-refractivity contribution >= 4 is 39.0 Å². The number of thiophene rings is 1. The predicted molar refractivity (Wildman–Crippen MR) is 169 cm³/mol. The van der Waals surface area contributed by atoms with Crippen LogP contribution in [0.15, 0.2) is 103 Å². The Bertz CT molecular complexity index is 1630. The molecule has 3 aromatic carbocycles. The third-order valence-electron chi connectivity index (χ3n) is 6.53. The number of nitrogens with zero attached hydrogens (tertiary/aromatic N) is 3. The van der Waals surface area contributed by atoms with Gasteiger partial charge in [0.25, 0.3) is 0 Å². The van der Waals surface area contributed by atoms with Crippen LogP contribution in [0.3, 0.4) is 0 Å². The van der Waals surface area contributed by atoms with Crippen molar-refractivity contribution in [3.63, 3.8) is 0 Å². The van der Waals surface area contributed by atoms with Gasteiger partial charge in [0.1, 0.15) is 17.0 Å². The fourth-order valence-electron chi connectivity index (χ4n) is 4.66. The summed E-state index contributed by atoms with van der Waals surface area (Å²) in [6.07, 6.45) is 5.01. The average Bonchev–Trinajstić information content (AvgIpc) is 3.38. The first kappa shape index (κ1) is 28.2. The van der Waals surface area contributed by atoms with Gasteiger partial charge in [-0.05, 0) is 42.9 Å². The summed E-state index contributed by atoms with van der Waals surface area (Å²) in [5.41, 5.74) is 4.89. The predicted octanol–water partition coefficient (Wildman–Crippen LogP) is 6.88. The monoisotopic (exact) mass is 563 g/mol. The van der Waals surface area contributed by atoms with Crippen LogP contribution >= 0.6 is 11.3 Å². The molecule has 208 valence electrons. The van der Waals surface area contributed by atoms with Crippen LogP contribution in [0.2, 0.25) is 0 Å². The van der Waals surface area contributed by atoms with Gasteiger partial charge in [-0.25, -0.2) is 9.97 Å². The molecule has 0 unspecified atom stereocenters. The first-order chi connectivity index (χ1) is 20.0. The molecule has 2 N–H and O–H groups in total. The molecular weight excluding hydrogens is 530 g/mol. The number of fused-ring (bicyclic) bond motifs is 1. The first-order valence-electron chi connectivity index (χ1n) is 13.4. The molecule has 2 heterocycles. The molecule has 1 amide bonds. The van der Waals surface area contributed by atoms with E-state index in [1.165, 1.54) is 0 Å². The van der Waals surface area contributed by atoms with E-state index in [-0.39, 0.29) is 11.9 Å². The minimum absolute atomic E-state index is 0.105. The second-order valence-corrected chi connectivity index (χ2v) is 10.9. The molecule has 7 nitrogen and oxygen atoms in total. The Morgan fingerprint density at radius 3 is 2.44 bits per heavy atom. The van der Waals surface area contributed by atoms with E-state index in [9.17, 15) is 4.79 Å². The summed E-state index contributed by atoms with van der Waals surface area (Å²) in [4.78, 5) is 26.0. The van der Waals surface area contributed by atoms with Gasteiger partial charge < -0.3 is 20.3 Å². The van der Waals surface area contributed by atoms with E-state index in [2.05, 4.69) is 45.9 Å². The highest BCUT2D eigenvalue weighted by Gasteiger charge is 2.22. The Morgan fingerprint density at radius 1 is 0.976 bits per heavy atom. The second kappa shape index (κ2) is 13.3. The Balaban J connectivity index is 1.60. The smallest absolute Gasteiger partial charge is 0.248 e. The second-order valence-electron chi connectivity index (χ2n) is 9.87. The standard InChI is InChI=1S/C33H33N5O2S/c1-38(2)19-11-18-28(39)36-26-17-10-16-25(20-26)29-30-32(37-27(21-40-3)23-12-6-4-7-13-23)34-22-35-33(30)41-31(29)24-14-8-5-9-15-24/h4-18,20,22,27H,19,21H2,1-3H3,(H,36,39)(H,34,35,37)/b18-11+/t27-/m1/s1. The van der Waals surface area contributed by atoms with E-state index < -0.39 is 0 Å². The van der Waals surface area contributed by atoms with E-state index in [0.717, 1.165) is 43.2 Å². The van der Waals surface area contributed by atoms with E-state index in [1.54, 1.807) is 30.8 Å². The van der Waals surface area contributed by atoms with E-state index >= 15 is 0 Å². The zero-order chi connectivity index (χ0) is 28.6. The summed E-state index contributed by atoms with van der Waals surface area (Å²) in [5.74, 6) is 0.564. The molecule has 0 spiro atoms. The number of ether oxygens (including phenoxy) is 1. The van der Waals surface area contributed by atoms with E-state index in [0.29, 0.717) is 18.8 Å². The van der Waals surface area contributed by atoms with Crippen molar-refractivity contribution in [3.05, 3.63) is 109 Å². The number of nitrogens with one attached hydrogen (secondary N) is 2. The van der Waals surface area contributed by atoms with Gasteiger partial charge >= 0.3 is 0 Å². The highest BCUT2D eigenvalue weighted by Crippen LogP contribution is 2.47. The maximum atomic E-state index is 12.6. The fourth-order valence-corrected chi connectivity index (χ4v) is 5.83. The highest BCUT2D eigenvalue weighted by atomic mass is 32.1. The number of amides is 1. The summed E-state index contributed by atoms with van der Waals surface area (Å²) < 4.78 is 5.57. The van der Waals surface area contributed by atoms with Gasteiger partial charge in [-0.1, -0.05) is 78.9 Å². The molecule has 0 saturated carbocycles. The number of benzene rings is 3. The van der Waals surface area contributed by atoms with Gasteiger partial charge in [0.15, 0.2) is 0 Å². The minimum atomic E-state index is -0.168. The molecule has 0 bridgehead atoms. The van der Waals surface area contributed by atoms with Gasteiger partial charge in [0.2, 0.25) is 5.91 Å². The molecule has 0 aliphatic rings. The molecule has 41 heavy (non-hydrogen) atoms. The molecule has 1 atom stereocenters. The van der Waals surface area contributed by atoms with Crippen molar-refractivity contribution in [1.29, 1.82) is 0 Å². The average molecular weight is 564 g/mol. The van der Waals surface area contributed by atoms with Gasteiger partial charge in [-0.2, -0.15) is 0 Å². The van der Waals surface area contributed by atoms with Crippen molar-refractivity contribution in [2.75, 3.05) is 45.0 Å². The SMILES string of the molecule is COC[C@@H](Nc1ncnc2sc(-c3ccccc3)c(-c3cccc(NC(=O)/C=C/CN(C)C)c3)c12)c1ccccc1. The molecule has 0 radical (unpaired) electrons. The molecule has 2 aromatic heterocycles. The lowest BCUT2D eigenvalue weighted by Crippen LogP contribution is -2.17. The van der Waals surface area contributed by atoms with Crippen molar-refractivity contribution in [2.45, 2.75) is 6.04 Å². The Morgan fingerprint density at radius 2 is 1.71 bits per heavy atom. The van der Waals surface area contributed by atoms with Crippen LogP contribution in [0.25, 0.3) is 31.8 Å². The highest BCUT2D eigenvalue weighted by molar-refractivity contribution is 7.22. The third-order valence-corrected chi connectivity index (χ3v) is 7.68. The normalized spacial score (nSPS) is 12.2. The number of methoxy groups -OCH3 is 1. The van der Waals surface area contributed by atoms with Crippen LogP contribution in [-0.4, -0.2) is 55.1 Å². The van der Waals surface area contributed by atoms with Crippen molar-refractivity contribution in [3.8, 4) is 21.6 Å². The molecule has 0 aliphatic heterocycles. The number of anilines is 2. The van der Waals surface area contributed by atoms with E-state index in [4.69, 9.17) is 9.72 Å². The number of rotatable bonds is 11. The number of likely N-dealkylation sites (N-methyl/N-ethyl adjacent to an activating group) is 1. The lowest BCUT2D eigenvalue weighted by Gasteiger charge is -2.20. The number of aromatic nitrogens is 2. The van der Waals surface area contributed by atoms with E-state index in [1.807, 2.05) is 79.7 Å². The maximum Gasteiger partial charge on any atom is 0.248 e. The zero-order valence-corrected chi connectivity index (χ0v) is 24.2. The third kappa shape index (κ3) is 6.86. The summed E-state index contributed by atoms with van der Waals surface area (Å²) in [5, 5.41) is 7.58. The molecule has 0 saturated heterocycles. The largest absolute Gasteiger partial charge is 0.382 e. The van der Waals surface area contributed by atoms with Crippen molar-refractivity contribution in [1.82, 2.24) is 14.9 Å². The Kier molecular flexibility index (Phi) is 9.15. The summed E-state index contributed by atoms with van der Waals surface area (Å²) in [6, 6.07) is 28.3. The molecule has 0 fully saturated rings. The molecule has 0 aliphatic carbocycles. The maximum absolute atomic E-state index is 12.6. The lowest BCUT2D eigenvalue weighted by atomic mass is 9.99. The minimum Gasteiger partial charge on any atom is -0.382 e. The molecular formula is C33H33N5O2S. The quantitative estimate of drug-likeness (QED) is 0.171. The van der Waals surface area contributed by atoms with Crippen LogP contribution in [0, 0.1) is 0 Å². The van der Waals surface area contributed by atoms with Crippen molar-refractivity contribution < 1.29 is 9.53 Å². The van der Waals surface area contributed by atoms with Crippen LogP contribution in [0.4, 0.5) is 11.5 Å².